The molecule has 59 heavy (non-hydrogen) atoms. The van der Waals surface area contributed by atoms with Gasteiger partial charge in [-0.3, -0.25) is 0 Å². The summed E-state index contributed by atoms with van der Waals surface area (Å²) in [4.78, 5) is 2.35. The highest BCUT2D eigenvalue weighted by Gasteiger charge is 2.19. The Morgan fingerprint density at radius 3 is 1.59 bits per heavy atom. The minimum Gasteiger partial charge on any atom is -0.455 e. The number of thiophene rings is 1. The van der Waals surface area contributed by atoms with Gasteiger partial charge in [0.15, 0.2) is 0 Å². The van der Waals surface area contributed by atoms with Crippen LogP contribution in [0.25, 0.3) is 97.0 Å². The smallest absolute Gasteiger partial charge is 0.144 e. The van der Waals surface area contributed by atoms with Crippen molar-refractivity contribution < 1.29 is 4.42 Å². The van der Waals surface area contributed by atoms with Crippen molar-refractivity contribution in [2.24, 2.45) is 0 Å². The molecular formula is C56H35NOS. The molecule has 0 amide bonds. The number of hydrogen-bond donors (Lipinski definition) is 0. The fourth-order valence-electron chi connectivity index (χ4n) is 9.05. The minimum absolute atomic E-state index is 0.920. The van der Waals surface area contributed by atoms with Crippen molar-refractivity contribution in [2.75, 3.05) is 4.90 Å². The molecule has 0 spiro atoms. The van der Waals surface area contributed by atoms with Crippen molar-refractivity contribution in [3.63, 3.8) is 0 Å². The molecule has 0 atom stereocenters. The minimum atomic E-state index is 0.920. The molecule has 2 aromatic heterocycles. The number of fused-ring (bicyclic) bond motifs is 10. The van der Waals surface area contributed by atoms with Crippen molar-refractivity contribution in [2.45, 2.75) is 0 Å². The van der Waals surface area contributed by atoms with E-state index >= 15 is 0 Å². The number of hydrogen-bond acceptors (Lipinski definition) is 3. The van der Waals surface area contributed by atoms with E-state index < -0.39 is 0 Å². The highest BCUT2D eigenvalue weighted by atomic mass is 32.1. The third-order valence-electron chi connectivity index (χ3n) is 11.9. The second kappa shape index (κ2) is 13.6. The molecule has 0 unspecified atom stereocenters. The first-order chi connectivity index (χ1) is 29.2. The van der Waals surface area contributed by atoms with Crippen LogP contribution in [0.5, 0.6) is 0 Å². The quantitative estimate of drug-likeness (QED) is 0.157. The van der Waals surface area contributed by atoms with Crippen molar-refractivity contribution in [1.82, 2.24) is 0 Å². The summed E-state index contributed by atoms with van der Waals surface area (Å²) in [7, 11) is 0. The number of rotatable bonds is 6. The third kappa shape index (κ3) is 5.55. The largest absolute Gasteiger partial charge is 0.455 e. The lowest BCUT2D eigenvalue weighted by atomic mass is 9.93. The first kappa shape index (κ1) is 33.7. The van der Waals surface area contributed by atoms with Gasteiger partial charge in [0.25, 0.3) is 0 Å². The van der Waals surface area contributed by atoms with Gasteiger partial charge in [-0.25, -0.2) is 0 Å². The number of anilines is 3. The van der Waals surface area contributed by atoms with E-state index in [1.54, 1.807) is 0 Å². The van der Waals surface area contributed by atoms with E-state index in [0.29, 0.717) is 0 Å². The van der Waals surface area contributed by atoms with Gasteiger partial charge in [-0.15, -0.1) is 11.3 Å². The molecule has 0 saturated carbocycles. The third-order valence-corrected chi connectivity index (χ3v) is 13.0. The van der Waals surface area contributed by atoms with E-state index in [4.69, 9.17) is 4.42 Å². The van der Waals surface area contributed by atoms with E-state index in [9.17, 15) is 0 Å². The standard InChI is InChI=1S/C56H35NOS/c1-2-11-36(12-3-1)37-21-27-41(28-22-37)57(43-31-25-39(26-32-43)51-35-40-13-4-5-14-44(40)46-15-6-7-16-47(46)51)42-29-23-38(24-30-42)45-18-10-19-48-49-33-34-53-54(56(49)58-55(45)48)50-17-8-9-20-52(50)59-53/h1-35H. The normalized spacial score (nSPS) is 11.7. The van der Waals surface area contributed by atoms with E-state index in [1.165, 1.54) is 64.0 Å². The lowest BCUT2D eigenvalue weighted by Gasteiger charge is -2.26. The molecule has 10 aromatic carbocycles. The van der Waals surface area contributed by atoms with E-state index in [2.05, 4.69) is 217 Å². The fourth-order valence-corrected chi connectivity index (χ4v) is 10.2. The number of furan rings is 1. The summed E-state index contributed by atoms with van der Waals surface area (Å²) < 4.78 is 9.41. The fraction of sp³-hybridized carbons (Fsp3) is 0. The van der Waals surface area contributed by atoms with E-state index in [0.717, 1.165) is 50.1 Å². The Balaban J connectivity index is 0.962. The lowest BCUT2D eigenvalue weighted by Crippen LogP contribution is -2.09. The van der Waals surface area contributed by atoms with Crippen LogP contribution in [0.2, 0.25) is 0 Å². The zero-order chi connectivity index (χ0) is 38.9. The van der Waals surface area contributed by atoms with Gasteiger partial charge in [0, 0.05) is 53.6 Å². The van der Waals surface area contributed by atoms with Crippen LogP contribution < -0.4 is 4.90 Å². The summed E-state index contributed by atoms with van der Waals surface area (Å²) in [6.45, 7) is 0. The Kier molecular flexibility index (Phi) is 7.75. The average Bonchev–Trinajstić information content (AvgIpc) is 3.89. The summed E-state index contributed by atoms with van der Waals surface area (Å²) in [5.74, 6) is 0. The van der Waals surface area contributed by atoms with Crippen LogP contribution in [0.1, 0.15) is 0 Å². The maximum Gasteiger partial charge on any atom is 0.144 e. The van der Waals surface area contributed by atoms with Gasteiger partial charge in [-0.2, -0.15) is 0 Å². The summed E-state index contributed by atoms with van der Waals surface area (Å²) in [5, 5.41) is 9.80. The van der Waals surface area contributed by atoms with Gasteiger partial charge < -0.3 is 9.32 Å². The highest BCUT2D eigenvalue weighted by Crippen LogP contribution is 2.45. The predicted octanol–water partition coefficient (Wildman–Crippen LogP) is 16.7. The highest BCUT2D eigenvalue weighted by molar-refractivity contribution is 7.26. The second-order valence-electron chi connectivity index (χ2n) is 15.2. The maximum absolute atomic E-state index is 6.88. The van der Waals surface area contributed by atoms with Crippen LogP contribution in [0.4, 0.5) is 17.1 Å². The van der Waals surface area contributed by atoms with Crippen molar-refractivity contribution in [1.29, 1.82) is 0 Å². The molecule has 0 aliphatic heterocycles. The Hall–Kier alpha value is -7.46. The van der Waals surface area contributed by atoms with Crippen molar-refractivity contribution in [3.05, 3.63) is 212 Å². The molecule has 0 aliphatic carbocycles. The monoisotopic (exact) mass is 769 g/mol. The van der Waals surface area contributed by atoms with Crippen LogP contribution in [-0.2, 0) is 0 Å². The second-order valence-corrected chi connectivity index (χ2v) is 16.3. The Morgan fingerprint density at radius 1 is 0.322 bits per heavy atom. The number of para-hydroxylation sites is 1. The number of benzene rings is 10. The summed E-state index contributed by atoms with van der Waals surface area (Å²) >= 11 is 1.82. The molecule has 12 rings (SSSR count). The molecule has 0 radical (unpaired) electrons. The van der Waals surface area contributed by atoms with Gasteiger partial charge in [-0.05, 0) is 110 Å². The SMILES string of the molecule is c1ccc(-c2ccc(N(c3ccc(-c4cc5ccccc5c5ccccc45)cc3)c3ccc(-c4cccc5c4oc4c5ccc5sc6ccccc6c54)cc3)cc2)cc1. The zero-order valence-electron chi connectivity index (χ0n) is 32.0. The van der Waals surface area contributed by atoms with Crippen molar-refractivity contribution >= 4 is 92.1 Å². The maximum atomic E-state index is 6.88. The van der Waals surface area contributed by atoms with Gasteiger partial charge in [0.2, 0.25) is 0 Å². The summed E-state index contributed by atoms with van der Waals surface area (Å²) in [6.07, 6.45) is 0. The van der Waals surface area contributed by atoms with Gasteiger partial charge >= 0.3 is 0 Å². The molecular weight excluding hydrogens is 735 g/mol. The van der Waals surface area contributed by atoms with Crippen LogP contribution in [-0.4, -0.2) is 0 Å². The average molecular weight is 770 g/mol. The predicted molar refractivity (Wildman–Crippen MR) is 253 cm³/mol. The summed E-state index contributed by atoms with van der Waals surface area (Å²) in [5.41, 5.74) is 12.2. The zero-order valence-corrected chi connectivity index (χ0v) is 32.8. The van der Waals surface area contributed by atoms with E-state index in [-0.39, 0.29) is 0 Å². The molecule has 2 nitrogen and oxygen atoms in total. The van der Waals surface area contributed by atoms with Crippen molar-refractivity contribution in [3.8, 4) is 33.4 Å². The molecule has 0 N–H and O–H groups in total. The summed E-state index contributed by atoms with van der Waals surface area (Å²) in [6, 6.07) is 76.8. The van der Waals surface area contributed by atoms with Crippen LogP contribution >= 0.6 is 11.3 Å². The van der Waals surface area contributed by atoms with Gasteiger partial charge in [-0.1, -0.05) is 152 Å². The topological polar surface area (TPSA) is 16.4 Å². The lowest BCUT2D eigenvalue weighted by molar-refractivity contribution is 0.674. The number of nitrogens with zero attached hydrogens (tertiary/aromatic N) is 1. The molecule has 276 valence electrons. The molecule has 0 fully saturated rings. The molecule has 0 aliphatic rings. The van der Waals surface area contributed by atoms with Gasteiger partial charge in [0.05, 0.1) is 0 Å². The van der Waals surface area contributed by atoms with Crippen LogP contribution in [0.3, 0.4) is 0 Å². The first-order valence-electron chi connectivity index (χ1n) is 20.1. The molecule has 2 heterocycles. The molecule has 0 saturated heterocycles. The molecule has 3 heteroatoms. The van der Waals surface area contributed by atoms with Gasteiger partial charge in [0.1, 0.15) is 11.2 Å². The van der Waals surface area contributed by atoms with Crippen LogP contribution in [0.15, 0.2) is 217 Å². The Morgan fingerprint density at radius 2 is 0.864 bits per heavy atom. The van der Waals surface area contributed by atoms with Crippen LogP contribution in [0, 0.1) is 0 Å². The molecule has 0 bridgehead atoms. The Bertz CT molecular complexity index is 3530. The van der Waals surface area contributed by atoms with E-state index in [1.807, 2.05) is 11.3 Å². The Labute approximate surface area is 345 Å². The molecule has 12 aromatic rings. The first-order valence-corrected chi connectivity index (χ1v) is 20.9.